The molecule has 0 unspecified atom stereocenters. The topological polar surface area (TPSA) is 61.5 Å². The van der Waals surface area contributed by atoms with Crippen LogP contribution in [0.25, 0.3) is 38.5 Å². The molecule has 6 aromatic carbocycles. The summed E-state index contributed by atoms with van der Waals surface area (Å²) in [5.41, 5.74) is 11.5. The Balaban J connectivity index is 1.00. The third-order valence-electron chi connectivity index (χ3n) is 11.4. The quantitative estimate of drug-likeness (QED) is 0.0711. The molecule has 1 aliphatic heterocycles. The minimum absolute atomic E-state index is 0.0687. The van der Waals surface area contributed by atoms with E-state index in [1.54, 1.807) is 23.9 Å². The summed E-state index contributed by atoms with van der Waals surface area (Å²) in [6.45, 7) is 1.25. The third-order valence-corrected chi connectivity index (χ3v) is 14.6. The number of nitrogens with zero attached hydrogens (tertiary/aromatic N) is 2. The van der Waals surface area contributed by atoms with Crippen molar-refractivity contribution < 1.29 is 17.5 Å². The number of anilines is 1. The fraction of sp³-hybridized carbons (Fsp3) is 0.151. The summed E-state index contributed by atoms with van der Waals surface area (Å²) in [7, 11) is -4.40. The number of aryl methyl sites for hydroxylation is 2. The highest BCUT2D eigenvalue weighted by Gasteiger charge is 2.28. The summed E-state index contributed by atoms with van der Waals surface area (Å²) in [6, 6.07) is 51.7. The molecule has 9 rings (SSSR count). The van der Waals surface area contributed by atoms with Gasteiger partial charge in [0.1, 0.15) is 4.70 Å². The van der Waals surface area contributed by atoms with E-state index in [-0.39, 0.29) is 4.90 Å². The Bertz CT molecular complexity index is 2920. The SMILES string of the molecule is O=S(=O)(O)c1ccccc1CN1C(=CC=C2C=C(C=Cc3sc4ccc(-c5ccccc5)cc4[n+]3CCCCc3ccccc3)CCC2)Sc2ccc(-c3ccccc3)cc21. The van der Waals surface area contributed by atoms with E-state index in [0.29, 0.717) is 12.1 Å². The number of aromatic nitrogens is 1. The van der Waals surface area contributed by atoms with Crippen LogP contribution >= 0.6 is 23.1 Å². The molecule has 0 radical (unpaired) electrons. The highest BCUT2D eigenvalue weighted by Crippen LogP contribution is 2.48. The molecule has 0 amide bonds. The van der Waals surface area contributed by atoms with E-state index in [1.165, 1.54) is 49.1 Å². The van der Waals surface area contributed by atoms with E-state index in [0.717, 1.165) is 71.8 Å². The lowest BCUT2D eigenvalue weighted by atomic mass is 9.94. The van der Waals surface area contributed by atoms with Crippen molar-refractivity contribution >= 4 is 55.2 Å². The minimum atomic E-state index is -4.40. The number of hydrogen-bond acceptors (Lipinski definition) is 5. The van der Waals surface area contributed by atoms with Gasteiger partial charge in [0.25, 0.3) is 15.1 Å². The molecule has 2 heterocycles. The Kier molecular flexibility index (Phi) is 12.3. The second-order valence-corrected chi connectivity index (χ2v) is 19.1. The van der Waals surface area contributed by atoms with Crippen LogP contribution in [-0.2, 0) is 29.6 Å². The molecule has 0 saturated heterocycles. The van der Waals surface area contributed by atoms with Crippen molar-refractivity contribution in [3.63, 3.8) is 0 Å². The van der Waals surface area contributed by atoms with Gasteiger partial charge in [-0.2, -0.15) is 13.0 Å². The molecule has 0 bridgehead atoms. The first-order valence-corrected chi connectivity index (χ1v) is 24.0. The van der Waals surface area contributed by atoms with Gasteiger partial charge in [0.15, 0.2) is 6.54 Å². The van der Waals surface area contributed by atoms with Crippen LogP contribution in [0, 0.1) is 0 Å². The number of benzene rings is 6. The first-order valence-electron chi connectivity index (χ1n) is 20.9. The normalized spacial score (nSPS) is 15.6. The van der Waals surface area contributed by atoms with E-state index in [9.17, 15) is 13.0 Å². The largest absolute Gasteiger partial charge is 0.330 e. The van der Waals surface area contributed by atoms with Gasteiger partial charge in [-0.3, -0.25) is 4.55 Å². The molecule has 0 atom stereocenters. The van der Waals surface area contributed by atoms with Crippen LogP contribution in [0.2, 0.25) is 0 Å². The standard InChI is InChI=1S/C53H46N2O3S3/c56-61(57,58)51-25-11-10-24-46(51)38-55-48-37-45(43-22-8-3-9-23-43)29-31-50(48)60-53(55)33-27-41-19-14-18-40(35-41)26-32-52-54(34-13-12-17-39-15-4-1-5-16-39)47-36-44(28-30-49(47)59-52)42-20-6-2-7-21-42/h1-11,15-16,20-33,35-37H,12-14,17-19,34,38H2/p+1. The van der Waals surface area contributed by atoms with Crippen LogP contribution in [0.4, 0.5) is 5.69 Å². The molecular formula is C53H47N2O3S3+. The van der Waals surface area contributed by atoms with Crippen molar-refractivity contribution in [3.05, 3.63) is 208 Å². The lowest BCUT2D eigenvalue weighted by molar-refractivity contribution is -0.669. The summed E-state index contributed by atoms with van der Waals surface area (Å²) in [6.07, 6.45) is 17.7. The predicted molar refractivity (Wildman–Crippen MR) is 254 cm³/mol. The van der Waals surface area contributed by atoms with Crippen molar-refractivity contribution in [2.24, 2.45) is 0 Å². The number of thioether (sulfide) groups is 1. The van der Waals surface area contributed by atoms with Crippen molar-refractivity contribution in [3.8, 4) is 22.3 Å². The molecular weight excluding hydrogens is 809 g/mol. The molecule has 8 heteroatoms. The number of hydrogen-bond donors (Lipinski definition) is 1. The predicted octanol–water partition coefficient (Wildman–Crippen LogP) is 13.5. The monoisotopic (exact) mass is 855 g/mol. The molecule has 61 heavy (non-hydrogen) atoms. The Morgan fingerprint density at radius 2 is 1.38 bits per heavy atom. The fourth-order valence-corrected chi connectivity index (χ4v) is 11.1. The fourth-order valence-electron chi connectivity index (χ4n) is 8.26. The number of rotatable bonds is 13. The van der Waals surface area contributed by atoms with Gasteiger partial charge in [-0.25, -0.2) is 0 Å². The van der Waals surface area contributed by atoms with Crippen LogP contribution in [0.1, 0.15) is 48.2 Å². The molecule has 0 spiro atoms. The van der Waals surface area contributed by atoms with E-state index >= 15 is 0 Å². The van der Waals surface area contributed by atoms with Gasteiger partial charge in [0.05, 0.1) is 22.2 Å². The van der Waals surface area contributed by atoms with Gasteiger partial charge < -0.3 is 4.90 Å². The van der Waals surface area contributed by atoms with E-state index in [2.05, 4.69) is 149 Å². The lowest BCUT2D eigenvalue weighted by Gasteiger charge is -2.22. The Hall–Kier alpha value is -5.77. The Morgan fingerprint density at radius 3 is 2.13 bits per heavy atom. The van der Waals surface area contributed by atoms with Crippen molar-refractivity contribution in [2.75, 3.05) is 4.90 Å². The molecule has 1 aliphatic carbocycles. The second kappa shape index (κ2) is 18.5. The summed E-state index contributed by atoms with van der Waals surface area (Å²) in [4.78, 5) is 3.20. The van der Waals surface area contributed by atoms with E-state index < -0.39 is 10.1 Å². The molecule has 304 valence electrons. The number of unbranched alkanes of at least 4 members (excludes halogenated alkanes) is 1. The van der Waals surface area contributed by atoms with Gasteiger partial charge in [-0.05, 0) is 107 Å². The van der Waals surface area contributed by atoms with Crippen molar-refractivity contribution in [1.82, 2.24) is 0 Å². The van der Waals surface area contributed by atoms with Gasteiger partial charge in [-0.15, -0.1) is 0 Å². The Labute approximate surface area is 367 Å². The summed E-state index contributed by atoms with van der Waals surface area (Å²) < 4.78 is 38.8. The highest BCUT2D eigenvalue weighted by atomic mass is 32.2. The van der Waals surface area contributed by atoms with E-state index in [1.807, 2.05) is 35.6 Å². The molecule has 7 aromatic rings. The average molecular weight is 856 g/mol. The van der Waals surface area contributed by atoms with Gasteiger partial charge in [-0.1, -0.05) is 163 Å². The molecule has 0 saturated carbocycles. The summed E-state index contributed by atoms with van der Waals surface area (Å²) in [5.74, 6) is 0. The van der Waals surface area contributed by atoms with Crippen LogP contribution < -0.4 is 9.47 Å². The van der Waals surface area contributed by atoms with Crippen LogP contribution in [0.5, 0.6) is 0 Å². The lowest BCUT2D eigenvalue weighted by Crippen LogP contribution is -2.35. The molecule has 5 nitrogen and oxygen atoms in total. The summed E-state index contributed by atoms with van der Waals surface area (Å²) >= 11 is 3.54. The molecule has 1 aromatic heterocycles. The minimum Gasteiger partial charge on any atom is -0.330 e. The average Bonchev–Trinajstić information content (AvgIpc) is 3.83. The number of thiazole rings is 1. The van der Waals surface area contributed by atoms with Crippen LogP contribution in [0.3, 0.4) is 0 Å². The van der Waals surface area contributed by atoms with Crippen LogP contribution in [0.15, 0.2) is 202 Å². The first-order chi connectivity index (χ1) is 29.9. The third kappa shape index (κ3) is 9.59. The number of fused-ring (bicyclic) bond motifs is 2. The van der Waals surface area contributed by atoms with Gasteiger partial charge >= 0.3 is 0 Å². The maximum Gasteiger partial charge on any atom is 0.294 e. The summed E-state index contributed by atoms with van der Waals surface area (Å²) in [5, 5.41) is 2.26. The van der Waals surface area contributed by atoms with Crippen molar-refractivity contribution in [2.45, 2.75) is 61.4 Å². The maximum absolute atomic E-state index is 12.4. The Morgan fingerprint density at radius 1 is 0.689 bits per heavy atom. The van der Waals surface area contributed by atoms with E-state index in [4.69, 9.17) is 0 Å². The molecule has 0 fully saturated rings. The zero-order valence-electron chi connectivity index (χ0n) is 33.9. The zero-order chi connectivity index (χ0) is 41.6. The maximum atomic E-state index is 12.4. The zero-order valence-corrected chi connectivity index (χ0v) is 36.3. The first kappa shape index (κ1) is 40.6. The van der Waals surface area contributed by atoms with Gasteiger partial charge in [0.2, 0.25) is 5.52 Å². The smallest absolute Gasteiger partial charge is 0.294 e. The van der Waals surface area contributed by atoms with Crippen LogP contribution in [-0.4, -0.2) is 13.0 Å². The molecule has 1 N–H and O–H groups in total. The number of allylic oxidation sites excluding steroid dienone is 6. The second-order valence-electron chi connectivity index (χ2n) is 15.6. The molecule has 2 aliphatic rings. The van der Waals surface area contributed by atoms with Gasteiger partial charge in [0, 0.05) is 23.5 Å². The highest BCUT2D eigenvalue weighted by molar-refractivity contribution is 8.03. The van der Waals surface area contributed by atoms with Crippen molar-refractivity contribution in [1.29, 1.82) is 0 Å².